The van der Waals surface area contributed by atoms with E-state index in [1.54, 1.807) is 31.3 Å². The molecule has 1 unspecified atom stereocenters. The zero-order valence-corrected chi connectivity index (χ0v) is 17.0. The molecule has 0 heterocycles. The van der Waals surface area contributed by atoms with E-state index in [1.807, 2.05) is 6.92 Å². The fraction of sp³-hybridized carbons (Fsp3) is 0.278. The van der Waals surface area contributed by atoms with Crippen LogP contribution >= 0.6 is 12.4 Å². The van der Waals surface area contributed by atoms with Crippen LogP contribution in [0.4, 0.5) is 5.69 Å². The second kappa shape index (κ2) is 9.59. The minimum atomic E-state index is -3.75. The van der Waals surface area contributed by atoms with Crippen LogP contribution in [0, 0.1) is 0 Å². The molecule has 0 aliphatic heterocycles. The van der Waals surface area contributed by atoms with E-state index >= 15 is 0 Å². The standard InChI is InChI=1S/C18H23N3O4S.ClH/c1-13(12-19)21(2)18(22)14-4-10-17(11-5-14)26(23,24)20-15-6-8-16(25-3)9-7-15;/h4-11,13,20H,12,19H2,1-3H3;1H. The molecule has 0 saturated heterocycles. The molecule has 7 nitrogen and oxygen atoms in total. The van der Waals surface area contributed by atoms with Crippen molar-refractivity contribution in [3.8, 4) is 5.75 Å². The number of sulfonamides is 1. The van der Waals surface area contributed by atoms with Gasteiger partial charge >= 0.3 is 0 Å². The van der Waals surface area contributed by atoms with Gasteiger partial charge in [0.1, 0.15) is 5.75 Å². The third-order valence-electron chi connectivity index (χ3n) is 4.08. The van der Waals surface area contributed by atoms with Crippen molar-refractivity contribution in [3.05, 3.63) is 54.1 Å². The van der Waals surface area contributed by atoms with Crippen LogP contribution in [0.2, 0.25) is 0 Å². The normalized spacial score (nSPS) is 11.9. The molecule has 1 amide bonds. The maximum Gasteiger partial charge on any atom is 0.261 e. The van der Waals surface area contributed by atoms with Gasteiger partial charge in [0.05, 0.1) is 12.0 Å². The first-order valence-electron chi connectivity index (χ1n) is 8.02. The first-order chi connectivity index (χ1) is 12.3. The molecular formula is C18H24ClN3O4S. The van der Waals surface area contributed by atoms with Gasteiger partial charge in [-0.1, -0.05) is 0 Å². The molecule has 0 aliphatic rings. The molecule has 27 heavy (non-hydrogen) atoms. The average molecular weight is 414 g/mol. The number of carbonyl (C=O) groups excluding carboxylic acids is 1. The van der Waals surface area contributed by atoms with Crippen molar-refractivity contribution >= 4 is 34.0 Å². The zero-order chi connectivity index (χ0) is 19.3. The average Bonchev–Trinajstić information content (AvgIpc) is 2.66. The van der Waals surface area contributed by atoms with Gasteiger partial charge in [-0.15, -0.1) is 12.4 Å². The monoisotopic (exact) mass is 413 g/mol. The molecule has 9 heteroatoms. The summed E-state index contributed by atoms with van der Waals surface area (Å²) in [6.45, 7) is 2.19. The summed E-state index contributed by atoms with van der Waals surface area (Å²) >= 11 is 0. The van der Waals surface area contributed by atoms with Crippen molar-refractivity contribution in [1.29, 1.82) is 0 Å². The number of nitrogens with two attached hydrogens (primary N) is 1. The molecule has 2 rings (SSSR count). The van der Waals surface area contributed by atoms with E-state index in [1.165, 1.54) is 36.3 Å². The Morgan fingerprint density at radius 1 is 1.15 bits per heavy atom. The zero-order valence-electron chi connectivity index (χ0n) is 15.4. The van der Waals surface area contributed by atoms with Crippen molar-refractivity contribution in [3.63, 3.8) is 0 Å². The SMILES string of the molecule is COc1ccc(NS(=O)(=O)c2ccc(C(=O)N(C)C(C)CN)cc2)cc1.Cl. The smallest absolute Gasteiger partial charge is 0.261 e. The van der Waals surface area contributed by atoms with Gasteiger partial charge in [-0.3, -0.25) is 9.52 Å². The van der Waals surface area contributed by atoms with Crippen molar-refractivity contribution in [2.75, 3.05) is 25.4 Å². The predicted molar refractivity (Wildman–Crippen MR) is 108 cm³/mol. The van der Waals surface area contributed by atoms with Crippen LogP contribution < -0.4 is 15.2 Å². The topological polar surface area (TPSA) is 102 Å². The second-order valence-corrected chi connectivity index (χ2v) is 7.54. The lowest BCUT2D eigenvalue weighted by atomic mass is 10.2. The Morgan fingerprint density at radius 3 is 2.19 bits per heavy atom. The quantitative estimate of drug-likeness (QED) is 0.725. The van der Waals surface area contributed by atoms with Gasteiger partial charge in [-0.05, 0) is 55.5 Å². The molecule has 0 aliphatic carbocycles. The van der Waals surface area contributed by atoms with E-state index in [0.717, 1.165) is 0 Å². The number of hydrogen-bond acceptors (Lipinski definition) is 5. The van der Waals surface area contributed by atoms with Crippen LogP contribution in [0.15, 0.2) is 53.4 Å². The third-order valence-corrected chi connectivity index (χ3v) is 5.47. The Balaban J connectivity index is 0.00000364. The highest BCUT2D eigenvalue weighted by atomic mass is 35.5. The Bertz CT molecular complexity index is 855. The van der Waals surface area contributed by atoms with Gasteiger partial charge < -0.3 is 15.4 Å². The van der Waals surface area contributed by atoms with Gasteiger partial charge in [0.25, 0.3) is 15.9 Å². The van der Waals surface area contributed by atoms with E-state index in [0.29, 0.717) is 23.5 Å². The third kappa shape index (κ3) is 5.59. The lowest BCUT2D eigenvalue weighted by Gasteiger charge is -2.23. The summed E-state index contributed by atoms with van der Waals surface area (Å²) in [6.07, 6.45) is 0. The van der Waals surface area contributed by atoms with Crippen LogP contribution in [0.25, 0.3) is 0 Å². The van der Waals surface area contributed by atoms with Crippen molar-refractivity contribution in [2.24, 2.45) is 5.73 Å². The number of benzene rings is 2. The molecule has 0 radical (unpaired) electrons. The Labute approximate surface area is 166 Å². The number of amides is 1. The number of anilines is 1. The number of halogens is 1. The van der Waals surface area contributed by atoms with E-state index in [2.05, 4.69) is 4.72 Å². The minimum absolute atomic E-state index is 0. The fourth-order valence-corrected chi connectivity index (χ4v) is 3.27. The molecule has 148 valence electrons. The van der Waals surface area contributed by atoms with Crippen LogP contribution in [0.3, 0.4) is 0 Å². The Kier molecular flexibility index (Phi) is 8.08. The summed E-state index contributed by atoms with van der Waals surface area (Å²) in [7, 11) is -0.554. The predicted octanol–water partition coefficient (Wildman–Crippen LogP) is 2.34. The van der Waals surface area contributed by atoms with E-state index in [9.17, 15) is 13.2 Å². The second-order valence-electron chi connectivity index (χ2n) is 5.86. The minimum Gasteiger partial charge on any atom is -0.497 e. The molecule has 0 saturated carbocycles. The fourth-order valence-electron chi connectivity index (χ4n) is 2.21. The lowest BCUT2D eigenvalue weighted by Crippen LogP contribution is -2.39. The Morgan fingerprint density at radius 2 is 1.70 bits per heavy atom. The van der Waals surface area contributed by atoms with Crippen LogP contribution in [0.5, 0.6) is 5.75 Å². The van der Waals surface area contributed by atoms with Crippen LogP contribution in [-0.4, -0.2) is 46.0 Å². The number of rotatable bonds is 7. The molecule has 1 atom stereocenters. The van der Waals surface area contributed by atoms with Crippen LogP contribution in [0.1, 0.15) is 17.3 Å². The maximum atomic E-state index is 12.5. The molecule has 0 fully saturated rings. The van der Waals surface area contributed by atoms with Crippen molar-refractivity contribution in [1.82, 2.24) is 4.90 Å². The summed E-state index contributed by atoms with van der Waals surface area (Å²) in [4.78, 5) is 13.9. The van der Waals surface area contributed by atoms with Gasteiger partial charge in [0, 0.05) is 30.9 Å². The molecule has 0 bridgehead atoms. The largest absolute Gasteiger partial charge is 0.497 e. The molecule has 0 spiro atoms. The van der Waals surface area contributed by atoms with Crippen molar-refractivity contribution < 1.29 is 17.9 Å². The highest BCUT2D eigenvalue weighted by molar-refractivity contribution is 7.92. The number of methoxy groups -OCH3 is 1. The summed E-state index contributed by atoms with van der Waals surface area (Å²) in [5.41, 5.74) is 6.39. The summed E-state index contributed by atoms with van der Waals surface area (Å²) < 4.78 is 32.5. The number of likely N-dealkylation sites (N-methyl/N-ethyl adjacent to an activating group) is 1. The number of carbonyl (C=O) groups is 1. The van der Waals surface area contributed by atoms with Gasteiger partial charge in [0.2, 0.25) is 0 Å². The van der Waals surface area contributed by atoms with E-state index < -0.39 is 10.0 Å². The molecule has 0 aromatic heterocycles. The highest BCUT2D eigenvalue weighted by Gasteiger charge is 2.19. The van der Waals surface area contributed by atoms with Crippen molar-refractivity contribution in [2.45, 2.75) is 17.9 Å². The molecule has 2 aromatic rings. The number of nitrogens with one attached hydrogen (secondary N) is 1. The first-order valence-corrected chi connectivity index (χ1v) is 9.51. The van der Waals surface area contributed by atoms with Crippen LogP contribution in [-0.2, 0) is 10.0 Å². The summed E-state index contributed by atoms with van der Waals surface area (Å²) in [5, 5.41) is 0. The van der Waals surface area contributed by atoms with Gasteiger partial charge in [0.15, 0.2) is 0 Å². The first kappa shape index (κ1) is 22.8. The molecular weight excluding hydrogens is 390 g/mol. The van der Waals surface area contributed by atoms with Gasteiger partial charge in [-0.2, -0.15) is 0 Å². The number of hydrogen-bond donors (Lipinski definition) is 2. The van der Waals surface area contributed by atoms with E-state index in [4.69, 9.17) is 10.5 Å². The maximum absolute atomic E-state index is 12.5. The molecule has 2 aromatic carbocycles. The van der Waals surface area contributed by atoms with E-state index in [-0.39, 0.29) is 29.3 Å². The lowest BCUT2D eigenvalue weighted by molar-refractivity contribution is 0.0748. The summed E-state index contributed by atoms with van der Waals surface area (Å²) in [5.74, 6) is 0.418. The number of ether oxygens (including phenoxy) is 1. The summed E-state index contributed by atoms with van der Waals surface area (Å²) in [6, 6.07) is 12.2. The number of nitrogens with zero attached hydrogens (tertiary/aromatic N) is 1. The molecule has 3 N–H and O–H groups in total. The van der Waals surface area contributed by atoms with Gasteiger partial charge in [-0.25, -0.2) is 8.42 Å². The Hall–Kier alpha value is -2.29. The highest BCUT2D eigenvalue weighted by Crippen LogP contribution is 2.20.